The molecule has 5 heteroatoms. The fourth-order valence-corrected chi connectivity index (χ4v) is 2.09. The summed E-state index contributed by atoms with van der Waals surface area (Å²) < 4.78 is 0.664. The Labute approximate surface area is 116 Å². The molecule has 2 N–H and O–H groups in total. The molecule has 0 aliphatic heterocycles. The SMILES string of the molecule is CCN(CC)C(=O)CNCc1ccc(O)c(Br)c1. The van der Waals surface area contributed by atoms with Crippen LogP contribution >= 0.6 is 15.9 Å². The van der Waals surface area contributed by atoms with E-state index in [1.165, 1.54) is 0 Å². The average Bonchev–Trinajstić information content (AvgIpc) is 2.35. The van der Waals surface area contributed by atoms with Crippen LogP contribution in [0, 0.1) is 0 Å². The lowest BCUT2D eigenvalue weighted by Gasteiger charge is -2.18. The molecule has 0 saturated carbocycles. The molecule has 0 unspecified atom stereocenters. The van der Waals surface area contributed by atoms with Crippen molar-refractivity contribution in [2.75, 3.05) is 19.6 Å². The summed E-state index contributed by atoms with van der Waals surface area (Å²) in [5, 5.41) is 12.5. The maximum absolute atomic E-state index is 11.7. The number of carbonyl (C=O) groups is 1. The molecule has 1 amide bonds. The minimum absolute atomic E-state index is 0.109. The minimum atomic E-state index is 0.109. The summed E-state index contributed by atoms with van der Waals surface area (Å²) in [6, 6.07) is 5.30. The fraction of sp³-hybridized carbons (Fsp3) is 0.462. The molecule has 0 heterocycles. The number of phenolic OH excluding ortho intramolecular Hbond substituents is 1. The summed E-state index contributed by atoms with van der Waals surface area (Å²) in [7, 11) is 0. The highest BCUT2D eigenvalue weighted by Crippen LogP contribution is 2.24. The zero-order chi connectivity index (χ0) is 13.5. The van der Waals surface area contributed by atoms with Gasteiger partial charge in [0.05, 0.1) is 11.0 Å². The molecule has 0 aliphatic rings. The van der Waals surface area contributed by atoms with Gasteiger partial charge in [-0.3, -0.25) is 4.79 Å². The standard InChI is InChI=1S/C13H19BrN2O2/c1-3-16(4-2)13(18)9-15-8-10-5-6-12(17)11(14)7-10/h5-7,15,17H,3-4,8-9H2,1-2H3. The van der Waals surface area contributed by atoms with E-state index in [1.807, 2.05) is 26.0 Å². The molecule has 1 aromatic rings. The smallest absolute Gasteiger partial charge is 0.236 e. The zero-order valence-corrected chi connectivity index (χ0v) is 12.3. The Bertz CT molecular complexity index is 406. The normalized spacial score (nSPS) is 10.4. The third-order valence-corrected chi connectivity index (χ3v) is 3.37. The number of nitrogens with zero attached hydrogens (tertiary/aromatic N) is 1. The number of hydrogen-bond donors (Lipinski definition) is 2. The van der Waals surface area contributed by atoms with Gasteiger partial charge in [0.2, 0.25) is 5.91 Å². The summed E-state index contributed by atoms with van der Waals surface area (Å²) in [4.78, 5) is 13.5. The van der Waals surface area contributed by atoms with Gasteiger partial charge in [0.15, 0.2) is 0 Å². The van der Waals surface area contributed by atoms with Gasteiger partial charge < -0.3 is 15.3 Å². The minimum Gasteiger partial charge on any atom is -0.507 e. The second-order valence-corrected chi connectivity index (χ2v) is 4.81. The number of phenols is 1. The van der Waals surface area contributed by atoms with Crippen LogP contribution in [0.5, 0.6) is 5.75 Å². The molecule has 1 rings (SSSR count). The quantitative estimate of drug-likeness (QED) is 0.845. The summed E-state index contributed by atoms with van der Waals surface area (Å²) >= 11 is 3.26. The van der Waals surface area contributed by atoms with Crippen molar-refractivity contribution in [2.45, 2.75) is 20.4 Å². The summed E-state index contributed by atoms with van der Waals surface area (Å²) in [5.74, 6) is 0.329. The number of carbonyl (C=O) groups excluding carboxylic acids is 1. The van der Waals surface area contributed by atoms with Gasteiger partial charge >= 0.3 is 0 Å². The number of amides is 1. The molecule has 4 nitrogen and oxygen atoms in total. The van der Waals surface area contributed by atoms with Crippen LogP contribution in [0.1, 0.15) is 19.4 Å². The number of benzene rings is 1. The molecule has 100 valence electrons. The van der Waals surface area contributed by atoms with E-state index in [1.54, 1.807) is 11.0 Å². The molecule has 0 saturated heterocycles. The Morgan fingerprint density at radius 1 is 1.39 bits per heavy atom. The van der Waals surface area contributed by atoms with Crippen LogP contribution in [0.25, 0.3) is 0 Å². The Kier molecular flexibility index (Phi) is 6.15. The molecular weight excluding hydrogens is 296 g/mol. The lowest BCUT2D eigenvalue weighted by Crippen LogP contribution is -2.37. The van der Waals surface area contributed by atoms with E-state index >= 15 is 0 Å². The molecular formula is C13H19BrN2O2. The molecule has 0 aliphatic carbocycles. The third kappa shape index (κ3) is 4.31. The monoisotopic (exact) mass is 314 g/mol. The number of nitrogens with one attached hydrogen (secondary N) is 1. The van der Waals surface area contributed by atoms with Crippen LogP contribution in [0.15, 0.2) is 22.7 Å². The van der Waals surface area contributed by atoms with Gasteiger partial charge in [0, 0.05) is 19.6 Å². The van der Waals surface area contributed by atoms with Gasteiger partial charge in [-0.05, 0) is 47.5 Å². The number of halogens is 1. The predicted molar refractivity (Wildman–Crippen MR) is 75.4 cm³/mol. The van der Waals surface area contributed by atoms with Gasteiger partial charge in [0.1, 0.15) is 5.75 Å². The van der Waals surface area contributed by atoms with E-state index in [0.29, 0.717) is 17.6 Å². The lowest BCUT2D eigenvalue weighted by molar-refractivity contribution is -0.129. The molecule has 0 atom stereocenters. The van der Waals surface area contributed by atoms with Crippen molar-refractivity contribution < 1.29 is 9.90 Å². The predicted octanol–water partition coefficient (Wildman–Crippen LogP) is 2.11. The molecule has 0 bridgehead atoms. The summed E-state index contributed by atoms with van der Waals surface area (Å²) in [5.41, 5.74) is 1.02. The second kappa shape index (κ2) is 7.38. The summed E-state index contributed by atoms with van der Waals surface area (Å²) in [6.07, 6.45) is 0. The zero-order valence-electron chi connectivity index (χ0n) is 10.7. The number of rotatable bonds is 6. The Balaban J connectivity index is 2.41. The van der Waals surface area contributed by atoms with Crippen LogP contribution in [0.3, 0.4) is 0 Å². The van der Waals surface area contributed by atoms with Crippen molar-refractivity contribution in [1.82, 2.24) is 10.2 Å². The van der Waals surface area contributed by atoms with Gasteiger partial charge in [-0.1, -0.05) is 6.07 Å². The van der Waals surface area contributed by atoms with Crippen molar-refractivity contribution >= 4 is 21.8 Å². The van der Waals surface area contributed by atoms with Crippen LogP contribution in [0.4, 0.5) is 0 Å². The van der Waals surface area contributed by atoms with Crippen molar-refractivity contribution in [1.29, 1.82) is 0 Å². The largest absolute Gasteiger partial charge is 0.507 e. The molecule has 0 spiro atoms. The van der Waals surface area contributed by atoms with Gasteiger partial charge in [0.25, 0.3) is 0 Å². The van der Waals surface area contributed by atoms with Crippen molar-refractivity contribution in [2.24, 2.45) is 0 Å². The first-order valence-electron chi connectivity index (χ1n) is 6.04. The van der Waals surface area contributed by atoms with Crippen LogP contribution in [-0.4, -0.2) is 35.5 Å². The highest BCUT2D eigenvalue weighted by atomic mass is 79.9. The van der Waals surface area contributed by atoms with E-state index in [0.717, 1.165) is 18.7 Å². The molecule has 0 fully saturated rings. The van der Waals surface area contributed by atoms with E-state index < -0.39 is 0 Å². The van der Waals surface area contributed by atoms with E-state index in [4.69, 9.17) is 0 Å². The third-order valence-electron chi connectivity index (χ3n) is 2.73. The van der Waals surface area contributed by atoms with E-state index in [9.17, 15) is 9.90 Å². The van der Waals surface area contributed by atoms with Crippen molar-refractivity contribution in [3.63, 3.8) is 0 Å². The van der Waals surface area contributed by atoms with Crippen molar-refractivity contribution in [3.05, 3.63) is 28.2 Å². The lowest BCUT2D eigenvalue weighted by atomic mass is 10.2. The first-order chi connectivity index (χ1) is 8.58. The number of aromatic hydroxyl groups is 1. The van der Waals surface area contributed by atoms with Gasteiger partial charge in [-0.15, -0.1) is 0 Å². The maximum atomic E-state index is 11.7. The van der Waals surface area contributed by atoms with Gasteiger partial charge in [-0.25, -0.2) is 0 Å². The number of hydrogen-bond acceptors (Lipinski definition) is 3. The topological polar surface area (TPSA) is 52.6 Å². The second-order valence-electron chi connectivity index (χ2n) is 3.96. The van der Waals surface area contributed by atoms with Crippen LogP contribution in [0.2, 0.25) is 0 Å². The number of likely N-dealkylation sites (N-methyl/N-ethyl adjacent to an activating group) is 1. The maximum Gasteiger partial charge on any atom is 0.236 e. The molecule has 0 radical (unpaired) electrons. The molecule has 0 aromatic heterocycles. The Morgan fingerprint density at radius 2 is 2.06 bits per heavy atom. The average molecular weight is 315 g/mol. The van der Waals surface area contributed by atoms with Crippen LogP contribution < -0.4 is 5.32 Å². The molecule has 1 aromatic carbocycles. The first-order valence-corrected chi connectivity index (χ1v) is 6.83. The first kappa shape index (κ1) is 15.0. The van der Waals surface area contributed by atoms with E-state index in [2.05, 4.69) is 21.2 Å². The van der Waals surface area contributed by atoms with Crippen molar-refractivity contribution in [3.8, 4) is 5.75 Å². The highest BCUT2D eigenvalue weighted by Gasteiger charge is 2.08. The summed E-state index contributed by atoms with van der Waals surface area (Å²) in [6.45, 7) is 6.35. The van der Waals surface area contributed by atoms with E-state index in [-0.39, 0.29) is 11.7 Å². The fourth-order valence-electron chi connectivity index (χ4n) is 1.66. The van der Waals surface area contributed by atoms with Crippen LogP contribution in [-0.2, 0) is 11.3 Å². The highest BCUT2D eigenvalue weighted by molar-refractivity contribution is 9.10. The Hall–Kier alpha value is -1.07. The Morgan fingerprint density at radius 3 is 2.61 bits per heavy atom. The molecule has 18 heavy (non-hydrogen) atoms. The van der Waals surface area contributed by atoms with Gasteiger partial charge in [-0.2, -0.15) is 0 Å².